The van der Waals surface area contributed by atoms with Crippen LogP contribution in [0.1, 0.15) is 13.0 Å². The third-order valence-corrected chi connectivity index (χ3v) is 2.60. The Morgan fingerprint density at radius 1 is 1.27 bits per heavy atom. The fraction of sp³-hybridized carbons (Fsp3) is 0.500. The van der Waals surface area contributed by atoms with Crippen molar-refractivity contribution < 1.29 is 0 Å². The quantitative estimate of drug-likeness (QED) is 0.616. The molecule has 1 heterocycles. The molecule has 1 rings (SSSR count). The van der Waals surface area contributed by atoms with Gasteiger partial charge in [-0.2, -0.15) is 5.26 Å². The lowest BCUT2D eigenvalue weighted by molar-refractivity contribution is 0.506. The molecule has 80 valence electrons. The van der Waals surface area contributed by atoms with Gasteiger partial charge in [-0.25, -0.2) is 14.2 Å². The van der Waals surface area contributed by atoms with E-state index in [1.807, 2.05) is 6.07 Å². The van der Waals surface area contributed by atoms with Gasteiger partial charge in [0, 0.05) is 14.1 Å². The van der Waals surface area contributed by atoms with Crippen molar-refractivity contribution in [3.05, 3.63) is 25.7 Å². The maximum Gasteiger partial charge on any atom is 0.335 e. The van der Waals surface area contributed by atoms with E-state index in [0.29, 0.717) is 0 Å². The average molecular weight is 226 g/mol. The summed E-state index contributed by atoms with van der Waals surface area (Å²) in [6, 6.07) is 1.21. The van der Waals surface area contributed by atoms with E-state index in [-0.39, 0.29) is 4.77 Å². The zero-order valence-electron chi connectivity index (χ0n) is 8.59. The van der Waals surface area contributed by atoms with Crippen molar-refractivity contribution in [2.75, 3.05) is 0 Å². The van der Waals surface area contributed by atoms with Crippen molar-refractivity contribution in [2.24, 2.45) is 14.1 Å². The Labute approximate surface area is 90.6 Å². The van der Waals surface area contributed by atoms with Gasteiger partial charge in [0.15, 0.2) is 4.77 Å². The Morgan fingerprint density at radius 2 is 1.80 bits per heavy atom. The summed E-state index contributed by atoms with van der Waals surface area (Å²) in [5.41, 5.74) is -1.07. The van der Waals surface area contributed by atoms with E-state index in [4.69, 9.17) is 17.5 Å². The summed E-state index contributed by atoms with van der Waals surface area (Å²) in [5.74, 6) is 0. The lowest BCUT2D eigenvalue weighted by Crippen LogP contribution is -2.44. The van der Waals surface area contributed by atoms with E-state index >= 15 is 0 Å². The van der Waals surface area contributed by atoms with Gasteiger partial charge in [0.2, 0.25) is 0 Å². The molecule has 0 N–H and O–H groups in total. The maximum atomic E-state index is 11.7. The molecule has 6 nitrogen and oxygen atoms in total. The summed E-state index contributed by atoms with van der Waals surface area (Å²) in [6.45, 7) is 1.54. The largest absolute Gasteiger partial charge is 0.335 e. The van der Waals surface area contributed by atoms with Gasteiger partial charge in [0.1, 0.15) is 6.04 Å². The summed E-state index contributed by atoms with van der Waals surface area (Å²) >= 11 is 4.93. The fourth-order valence-electron chi connectivity index (χ4n) is 1.18. The van der Waals surface area contributed by atoms with Crippen LogP contribution in [0.5, 0.6) is 0 Å². The van der Waals surface area contributed by atoms with Crippen LogP contribution in [-0.2, 0) is 14.1 Å². The minimum atomic E-state index is -0.692. The minimum Gasteiger partial charge on any atom is -0.273 e. The van der Waals surface area contributed by atoms with Gasteiger partial charge in [-0.15, -0.1) is 0 Å². The Bertz CT molecular complexity index is 561. The number of hydrogen-bond acceptors (Lipinski definition) is 4. The van der Waals surface area contributed by atoms with Gasteiger partial charge in [0.05, 0.1) is 6.07 Å². The fourth-order valence-corrected chi connectivity index (χ4v) is 1.50. The molecule has 0 amide bonds. The molecule has 1 atom stereocenters. The first-order valence-electron chi connectivity index (χ1n) is 4.20. The molecule has 0 radical (unpaired) electrons. The zero-order valence-corrected chi connectivity index (χ0v) is 9.41. The Hall–Kier alpha value is -1.68. The standard InChI is InChI=1S/C8H10N4O2S/c1-5(4-9)12-7(14)10(2)6(13)11(3)8(12)15/h5H,1-3H3. The number of rotatable bonds is 1. The predicted octanol–water partition coefficient (Wildman–Crippen LogP) is -0.300. The predicted molar refractivity (Wildman–Crippen MR) is 56.1 cm³/mol. The first kappa shape index (κ1) is 11.4. The van der Waals surface area contributed by atoms with E-state index in [2.05, 4.69) is 0 Å². The van der Waals surface area contributed by atoms with Crippen LogP contribution in [0.15, 0.2) is 9.59 Å². The normalized spacial score (nSPS) is 12.1. The molecule has 7 heteroatoms. The first-order chi connectivity index (χ1) is 6.91. The number of nitriles is 1. The van der Waals surface area contributed by atoms with Crippen molar-refractivity contribution >= 4 is 12.2 Å². The average Bonchev–Trinajstić information content (AvgIpc) is 2.23. The van der Waals surface area contributed by atoms with Gasteiger partial charge in [-0.1, -0.05) is 0 Å². The highest BCUT2D eigenvalue weighted by molar-refractivity contribution is 7.71. The second kappa shape index (κ2) is 3.82. The first-order valence-corrected chi connectivity index (χ1v) is 4.60. The number of aromatic nitrogens is 3. The highest BCUT2D eigenvalue weighted by Gasteiger charge is 2.12. The van der Waals surface area contributed by atoms with Crippen LogP contribution >= 0.6 is 12.2 Å². The molecule has 0 aliphatic heterocycles. The molecule has 1 aromatic rings. The molecule has 0 bridgehead atoms. The van der Waals surface area contributed by atoms with Crippen LogP contribution in [0.4, 0.5) is 0 Å². The number of nitrogens with zero attached hydrogens (tertiary/aromatic N) is 4. The van der Waals surface area contributed by atoms with Crippen LogP contribution in [0.3, 0.4) is 0 Å². The molecule has 15 heavy (non-hydrogen) atoms. The van der Waals surface area contributed by atoms with Crippen molar-refractivity contribution in [3.63, 3.8) is 0 Å². The molecule has 0 saturated carbocycles. The van der Waals surface area contributed by atoms with Gasteiger partial charge in [-0.3, -0.25) is 9.13 Å². The van der Waals surface area contributed by atoms with Crippen LogP contribution in [0, 0.1) is 16.1 Å². The van der Waals surface area contributed by atoms with Gasteiger partial charge < -0.3 is 0 Å². The zero-order chi connectivity index (χ0) is 11.7. The molecule has 0 aromatic carbocycles. The lowest BCUT2D eigenvalue weighted by Gasteiger charge is -2.11. The second-order valence-electron chi connectivity index (χ2n) is 3.14. The molecule has 0 aliphatic rings. The molecule has 0 fully saturated rings. The van der Waals surface area contributed by atoms with Crippen molar-refractivity contribution in [3.8, 4) is 6.07 Å². The molecule has 1 unspecified atom stereocenters. The molecule has 0 spiro atoms. The highest BCUT2D eigenvalue weighted by Crippen LogP contribution is 1.98. The number of hydrogen-bond donors (Lipinski definition) is 0. The third kappa shape index (κ3) is 1.64. The van der Waals surface area contributed by atoms with E-state index in [1.54, 1.807) is 6.92 Å². The van der Waals surface area contributed by atoms with E-state index in [0.717, 1.165) is 13.7 Å². The van der Waals surface area contributed by atoms with Crippen molar-refractivity contribution in [1.29, 1.82) is 5.26 Å². The van der Waals surface area contributed by atoms with Crippen LogP contribution in [-0.4, -0.2) is 13.7 Å². The third-order valence-electron chi connectivity index (χ3n) is 2.13. The molecule has 1 aromatic heterocycles. The molecular weight excluding hydrogens is 216 g/mol. The monoisotopic (exact) mass is 226 g/mol. The second-order valence-corrected chi connectivity index (χ2v) is 3.51. The topological polar surface area (TPSA) is 72.7 Å². The van der Waals surface area contributed by atoms with E-state index < -0.39 is 17.4 Å². The van der Waals surface area contributed by atoms with Gasteiger partial charge >= 0.3 is 11.4 Å². The SMILES string of the molecule is CC(C#N)n1c(=O)n(C)c(=O)n(C)c1=S. The van der Waals surface area contributed by atoms with Crippen molar-refractivity contribution in [1.82, 2.24) is 13.7 Å². The lowest BCUT2D eigenvalue weighted by atomic mass is 10.4. The maximum absolute atomic E-state index is 11.7. The molecule has 0 saturated heterocycles. The minimum absolute atomic E-state index is 0.0529. The summed E-state index contributed by atoms with van der Waals surface area (Å²) in [5, 5.41) is 8.74. The van der Waals surface area contributed by atoms with Crippen LogP contribution < -0.4 is 11.4 Å². The summed E-state index contributed by atoms with van der Waals surface area (Å²) in [4.78, 5) is 23.1. The smallest absolute Gasteiger partial charge is 0.273 e. The van der Waals surface area contributed by atoms with Gasteiger partial charge in [-0.05, 0) is 19.1 Å². The van der Waals surface area contributed by atoms with E-state index in [1.165, 1.54) is 14.1 Å². The van der Waals surface area contributed by atoms with E-state index in [9.17, 15) is 9.59 Å². The summed E-state index contributed by atoms with van der Waals surface area (Å²) < 4.78 is 3.24. The van der Waals surface area contributed by atoms with Crippen LogP contribution in [0.2, 0.25) is 0 Å². The Balaban J connectivity index is 3.87. The molecular formula is C8H10N4O2S. The highest BCUT2D eigenvalue weighted by atomic mass is 32.1. The summed E-state index contributed by atoms with van der Waals surface area (Å²) in [6.07, 6.45) is 0. The Kier molecular flexibility index (Phi) is 2.90. The summed E-state index contributed by atoms with van der Waals surface area (Å²) in [7, 11) is 2.81. The van der Waals surface area contributed by atoms with Gasteiger partial charge in [0.25, 0.3) is 0 Å². The molecule has 0 aliphatic carbocycles. The van der Waals surface area contributed by atoms with Crippen molar-refractivity contribution in [2.45, 2.75) is 13.0 Å². The van der Waals surface area contributed by atoms with Crippen LogP contribution in [0.25, 0.3) is 0 Å². The Morgan fingerprint density at radius 3 is 2.27 bits per heavy atom.